The van der Waals surface area contributed by atoms with Crippen LogP contribution in [0.5, 0.6) is 5.75 Å². The van der Waals surface area contributed by atoms with Crippen LogP contribution in [0, 0.1) is 0 Å². The summed E-state index contributed by atoms with van der Waals surface area (Å²) in [6.45, 7) is 0. The second-order valence-corrected chi connectivity index (χ2v) is 6.99. The van der Waals surface area contributed by atoms with E-state index in [1.165, 1.54) is 11.1 Å². The van der Waals surface area contributed by atoms with Gasteiger partial charge in [-0.05, 0) is 40.8 Å². The number of amides is 2. The number of urea groups is 1. The summed E-state index contributed by atoms with van der Waals surface area (Å²) < 4.78 is 5.70. The largest absolute Gasteiger partial charge is 0.496 e. The number of nitrogens with one attached hydrogen (secondary N) is 2. The Hall–Kier alpha value is -3.27. The Morgan fingerprint density at radius 1 is 0.963 bits per heavy atom. The highest BCUT2D eigenvalue weighted by Crippen LogP contribution is 2.43. The quantitative estimate of drug-likeness (QED) is 0.707. The molecule has 0 spiro atoms. The van der Waals surface area contributed by atoms with Crippen LogP contribution in [0.2, 0.25) is 0 Å². The van der Waals surface area contributed by atoms with Gasteiger partial charge in [-0.3, -0.25) is 0 Å². The van der Waals surface area contributed by atoms with Gasteiger partial charge < -0.3 is 15.4 Å². The van der Waals surface area contributed by atoms with Gasteiger partial charge in [-0.15, -0.1) is 0 Å². The SMILES string of the molecule is COc1ccc2ccccc2c1C1NC(=O)NC2=C1CCc1ccccc12. The second kappa shape index (κ2) is 6.16. The minimum Gasteiger partial charge on any atom is -0.496 e. The predicted molar refractivity (Wildman–Crippen MR) is 107 cm³/mol. The van der Waals surface area contributed by atoms with Gasteiger partial charge in [-0.2, -0.15) is 0 Å². The van der Waals surface area contributed by atoms with Gasteiger partial charge in [0.05, 0.1) is 18.8 Å². The molecule has 0 saturated carbocycles. The van der Waals surface area contributed by atoms with E-state index in [2.05, 4.69) is 47.0 Å². The number of benzene rings is 3. The van der Waals surface area contributed by atoms with E-state index in [9.17, 15) is 4.79 Å². The van der Waals surface area contributed by atoms with Crippen LogP contribution in [0.4, 0.5) is 4.79 Å². The van der Waals surface area contributed by atoms with E-state index in [-0.39, 0.29) is 12.1 Å². The van der Waals surface area contributed by atoms with Gasteiger partial charge in [-0.1, -0.05) is 54.6 Å². The third-order valence-electron chi connectivity index (χ3n) is 5.57. The van der Waals surface area contributed by atoms with E-state index in [0.717, 1.165) is 46.2 Å². The highest BCUT2D eigenvalue weighted by molar-refractivity contribution is 5.95. The van der Waals surface area contributed by atoms with Gasteiger partial charge in [0.2, 0.25) is 0 Å². The minimum atomic E-state index is -0.205. The molecule has 0 aromatic heterocycles. The predicted octanol–water partition coefficient (Wildman–Crippen LogP) is 4.56. The minimum absolute atomic E-state index is 0.176. The lowest BCUT2D eigenvalue weighted by atomic mass is 9.81. The number of fused-ring (bicyclic) bond motifs is 3. The number of aryl methyl sites for hydroxylation is 1. The molecule has 1 unspecified atom stereocenters. The molecule has 0 fully saturated rings. The van der Waals surface area contributed by atoms with Gasteiger partial charge in [0.15, 0.2) is 0 Å². The number of carbonyl (C=O) groups excluding carboxylic acids is 1. The Kier molecular flexibility index (Phi) is 3.64. The molecule has 27 heavy (non-hydrogen) atoms. The zero-order chi connectivity index (χ0) is 18.4. The summed E-state index contributed by atoms with van der Waals surface area (Å²) >= 11 is 0. The van der Waals surface area contributed by atoms with Gasteiger partial charge in [0.25, 0.3) is 0 Å². The number of hydrogen-bond acceptors (Lipinski definition) is 2. The lowest BCUT2D eigenvalue weighted by Crippen LogP contribution is -2.44. The Bertz CT molecular complexity index is 1100. The van der Waals surface area contributed by atoms with Crippen molar-refractivity contribution in [3.8, 4) is 5.75 Å². The fraction of sp³-hybridized carbons (Fsp3) is 0.174. The highest BCUT2D eigenvalue weighted by atomic mass is 16.5. The molecule has 134 valence electrons. The smallest absolute Gasteiger partial charge is 0.320 e. The number of rotatable bonds is 2. The third kappa shape index (κ3) is 2.48. The molecule has 1 atom stereocenters. The number of methoxy groups -OCH3 is 1. The monoisotopic (exact) mass is 356 g/mol. The average molecular weight is 356 g/mol. The molecule has 0 radical (unpaired) electrons. The first-order chi connectivity index (χ1) is 13.3. The molecule has 1 aliphatic carbocycles. The lowest BCUT2D eigenvalue weighted by molar-refractivity contribution is 0.240. The van der Waals surface area contributed by atoms with Crippen molar-refractivity contribution in [2.24, 2.45) is 0 Å². The van der Waals surface area contributed by atoms with Crippen LogP contribution in [-0.4, -0.2) is 13.1 Å². The van der Waals surface area contributed by atoms with Gasteiger partial charge in [0.1, 0.15) is 5.75 Å². The van der Waals surface area contributed by atoms with Crippen molar-refractivity contribution in [3.63, 3.8) is 0 Å². The number of ether oxygens (including phenoxy) is 1. The summed E-state index contributed by atoms with van der Waals surface area (Å²) in [6, 6.07) is 20.2. The van der Waals surface area contributed by atoms with Crippen LogP contribution in [0.25, 0.3) is 16.5 Å². The normalized spacial score (nSPS) is 18.4. The molecule has 5 rings (SSSR count). The van der Waals surface area contributed by atoms with Crippen LogP contribution in [0.1, 0.15) is 29.2 Å². The summed E-state index contributed by atoms with van der Waals surface area (Å²) in [5.74, 6) is 0.798. The molecule has 2 N–H and O–H groups in total. The Labute approximate surface area is 157 Å². The summed E-state index contributed by atoms with van der Waals surface area (Å²) in [7, 11) is 1.68. The molecule has 4 heteroatoms. The van der Waals surface area contributed by atoms with E-state index >= 15 is 0 Å². The van der Waals surface area contributed by atoms with E-state index in [1.807, 2.05) is 24.3 Å². The van der Waals surface area contributed by atoms with E-state index in [4.69, 9.17) is 4.74 Å². The van der Waals surface area contributed by atoms with Gasteiger partial charge >= 0.3 is 6.03 Å². The van der Waals surface area contributed by atoms with Crippen LogP contribution in [0.15, 0.2) is 66.2 Å². The van der Waals surface area contributed by atoms with Crippen LogP contribution < -0.4 is 15.4 Å². The van der Waals surface area contributed by atoms with Crippen molar-refractivity contribution in [2.75, 3.05) is 7.11 Å². The van der Waals surface area contributed by atoms with E-state index in [1.54, 1.807) is 7.11 Å². The van der Waals surface area contributed by atoms with Crippen molar-refractivity contribution in [2.45, 2.75) is 18.9 Å². The van der Waals surface area contributed by atoms with E-state index in [0.29, 0.717) is 0 Å². The maximum absolute atomic E-state index is 12.5. The molecule has 1 heterocycles. The topological polar surface area (TPSA) is 50.4 Å². The second-order valence-electron chi connectivity index (χ2n) is 6.99. The molecular weight excluding hydrogens is 336 g/mol. The van der Waals surface area contributed by atoms with Gasteiger partial charge in [0, 0.05) is 11.1 Å². The first kappa shape index (κ1) is 15.9. The maximum atomic E-state index is 12.5. The molecule has 0 saturated heterocycles. The first-order valence-corrected chi connectivity index (χ1v) is 9.21. The van der Waals surface area contributed by atoms with Crippen LogP contribution >= 0.6 is 0 Å². The molecule has 3 aromatic carbocycles. The average Bonchev–Trinajstić information content (AvgIpc) is 2.72. The maximum Gasteiger partial charge on any atom is 0.320 e. The number of hydrogen-bond donors (Lipinski definition) is 2. The lowest BCUT2D eigenvalue weighted by Gasteiger charge is -2.35. The molecule has 3 aromatic rings. The summed E-state index contributed by atoms with van der Waals surface area (Å²) in [5.41, 5.74) is 5.58. The molecule has 4 nitrogen and oxygen atoms in total. The molecular formula is C23H20N2O2. The fourth-order valence-electron chi connectivity index (χ4n) is 4.35. The third-order valence-corrected chi connectivity index (χ3v) is 5.57. The summed E-state index contributed by atoms with van der Waals surface area (Å²) in [4.78, 5) is 12.5. The standard InChI is InChI=1S/C23H20N2O2/c1-27-19-13-11-14-6-2-4-8-16(14)20(19)22-18-12-10-15-7-3-5-9-17(15)21(18)24-23(26)25-22/h2-9,11,13,22H,10,12H2,1H3,(H2,24,25,26). The van der Waals surface area contributed by atoms with Crippen molar-refractivity contribution in [1.82, 2.24) is 10.6 Å². The van der Waals surface area contributed by atoms with Crippen molar-refractivity contribution in [3.05, 3.63) is 82.9 Å². The summed E-state index contributed by atoms with van der Waals surface area (Å²) in [5, 5.41) is 8.43. The van der Waals surface area contributed by atoms with Crippen molar-refractivity contribution < 1.29 is 9.53 Å². The number of carbonyl (C=O) groups is 1. The zero-order valence-corrected chi connectivity index (χ0v) is 15.1. The van der Waals surface area contributed by atoms with E-state index < -0.39 is 0 Å². The van der Waals surface area contributed by atoms with Gasteiger partial charge in [-0.25, -0.2) is 4.79 Å². The molecule has 2 amide bonds. The molecule has 0 bridgehead atoms. The van der Waals surface area contributed by atoms with Crippen molar-refractivity contribution >= 4 is 22.5 Å². The highest BCUT2D eigenvalue weighted by Gasteiger charge is 2.34. The van der Waals surface area contributed by atoms with Crippen molar-refractivity contribution in [1.29, 1.82) is 0 Å². The first-order valence-electron chi connectivity index (χ1n) is 9.21. The fourth-order valence-corrected chi connectivity index (χ4v) is 4.35. The van der Waals surface area contributed by atoms with Crippen LogP contribution in [0.3, 0.4) is 0 Å². The molecule has 2 aliphatic rings. The summed E-state index contributed by atoms with van der Waals surface area (Å²) in [6.07, 6.45) is 1.87. The Morgan fingerprint density at radius 2 is 1.78 bits per heavy atom. The Balaban J connectivity index is 1.77. The van der Waals surface area contributed by atoms with Crippen LogP contribution in [-0.2, 0) is 6.42 Å². The zero-order valence-electron chi connectivity index (χ0n) is 15.1. The Morgan fingerprint density at radius 3 is 2.67 bits per heavy atom. The molecule has 1 aliphatic heterocycles.